The van der Waals surface area contributed by atoms with Crippen LogP contribution in [0.5, 0.6) is 0 Å². The van der Waals surface area contributed by atoms with Gasteiger partial charge in [-0.2, -0.15) is 0 Å². The fourth-order valence-corrected chi connectivity index (χ4v) is 1.63. The number of aromatic nitrogens is 2. The van der Waals surface area contributed by atoms with Gasteiger partial charge in [0, 0.05) is 13.0 Å². The quantitative estimate of drug-likeness (QED) is 0.765. The van der Waals surface area contributed by atoms with E-state index in [-0.39, 0.29) is 16.6 Å². The van der Waals surface area contributed by atoms with Crippen LogP contribution >= 0.6 is 23.2 Å². The molecule has 0 aliphatic heterocycles. The molecule has 1 aromatic heterocycles. The Morgan fingerprint density at radius 2 is 2.44 bits per heavy atom. The van der Waals surface area contributed by atoms with Crippen molar-refractivity contribution >= 4 is 29.0 Å². The molecular formula is C9H13Cl2N3O2. The summed E-state index contributed by atoms with van der Waals surface area (Å²) in [6, 6.07) is -0.0192. The van der Waals surface area contributed by atoms with Gasteiger partial charge in [-0.3, -0.25) is 4.79 Å². The summed E-state index contributed by atoms with van der Waals surface area (Å²) in [5, 5.41) is 3.06. The summed E-state index contributed by atoms with van der Waals surface area (Å²) in [5.74, 6) is 0.833. The van der Waals surface area contributed by atoms with Crippen LogP contribution in [0.25, 0.3) is 0 Å². The Bertz CT molecular complexity index is 377. The molecule has 0 spiro atoms. The number of rotatable bonds is 6. The highest BCUT2D eigenvalue weighted by Crippen LogP contribution is 2.14. The van der Waals surface area contributed by atoms with Gasteiger partial charge in [0.05, 0.1) is 19.0 Å². The number of aromatic amines is 1. The highest BCUT2D eigenvalue weighted by atomic mass is 35.5. The number of H-pyrrole nitrogens is 1. The van der Waals surface area contributed by atoms with Crippen LogP contribution < -0.4 is 10.9 Å². The van der Waals surface area contributed by atoms with Crippen molar-refractivity contribution in [2.24, 2.45) is 0 Å². The van der Waals surface area contributed by atoms with E-state index in [9.17, 15) is 4.79 Å². The number of hydrogen-bond acceptors (Lipinski definition) is 4. The fraction of sp³-hybridized carbons (Fsp3) is 0.556. The number of methoxy groups -OCH3 is 1. The molecule has 0 saturated heterocycles. The molecule has 0 aliphatic carbocycles. The van der Waals surface area contributed by atoms with Gasteiger partial charge in [0.1, 0.15) is 5.02 Å². The van der Waals surface area contributed by atoms with Crippen LogP contribution in [0.4, 0.5) is 5.82 Å². The van der Waals surface area contributed by atoms with Gasteiger partial charge in [-0.1, -0.05) is 11.6 Å². The van der Waals surface area contributed by atoms with E-state index in [0.717, 1.165) is 0 Å². The largest absolute Gasteiger partial charge is 0.383 e. The third-order valence-electron chi connectivity index (χ3n) is 1.96. The molecule has 0 aliphatic rings. The molecule has 7 heteroatoms. The molecule has 1 aromatic rings. The molecule has 0 aromatic carbocycles. The van der Waals surface area contributed by atoms with E-state index in [1.807, 2.05) is 0 Å². The maximum absolute atomic E-state index is 11.2. The molecule has 0 saturated carbocycles. The summed E-state index contributed by atoms with van der Waals surface area (Å²) >= 11 is 11.4. The summed E-state index contributed by atoms with van der Waals surface area (Å²) in [6.45, 7) is 0.470. The predicted octanol–water partition coefficient (Wildman–Crippen LogP) is 1.48. The summed E-state index contributed by atoms with van der Waals surface area (Å²) in [5.41, 5.74) is -0.374. The van der Waals surface area contributed by atoms with Crippen molar-refractivity contribution in [2.45, 2.75) is 12.5 Å². The van der Waals surface area contributed by atoms with Crippen LogP contribution in [0.1, 0.15) is 6.42 Å². The second-order valence-corrected chi connectivity index (χ2v) is 3.92. The van der Waals surface area contributed by atoms with Gasteiger partial charge in [-0.05, 0) is 6.42 Å². The fourth-order valence-electron chi connectivity index (χ4n) is 1.21. The van der Waals surface area contributed by atoms with Crippen molar-refractivity contribution in [3.8, 4) is 0 Å². The zero-order valence-electron chi connectivity index (χ0n) is 8.80. The van der Waals surface area contributed by atoms with Crippen LogP contribution in [0.15, 0.2) is 11.1 Å². The van der Waals surface area contributed by atoms with E-state index in [0.29, 0.717) is 24.7 Å². The van der Waals surface area contributed by atoms with Gasteiger partial charge in [0.15, 0.2) is 5.82 Å². The van der Waals surface area contributed by atoms with E-state index < -0.39 is 0 Å². The summed E-state index contributed by atoms with van der Waals surface area (Å²) < 4.78 is 5.02. The second kappa shape index (κ2) is 6.73. The average Bonchev–Trinajstić information content (AvgIpc) is 2.25. The first-order valence-corrected chi connectivity index (χ1v) is 5.65. The van der Waals surface area contributed by atoms with Crippen LogP contribution in [0.2, 0.25) is 5.02 Å². The molecule has 1 atom stereocenters. The zero-order valence-corrected chi connectivity index (χ0v) is 10.3. The standard InChI is InChI=1S/C9H13Cl2N3O2/c1-16-4-6(2-3-10)14-8-7(11)9(15)13-5-12-8/h5-6H,2-4H2,1H3,(H2,12,13,14,15). The second-order valence-electron chi connectivity index (χ2n) is 3.17. The van der Waals surface area contributed by atoms with Gasteiger partial charge in [-0.15, -0.1) is 11.6 Å². The number of halogens is 2. The van der Waals surface area contributed by atoms with Gasteiger partial charge < -0.3 is 15.0 Å². The van der Waals surface area contributed by atoms with Crippen molar-refractivity contribution < 1.29 is 4.74 Å². The highest BCUT2D eigenvalue weighted by Gasteiger charge is 2.12. The Balaban J connectivity index is 2.76. The first kappa shape index (κ1) is 13.3. The average molecular weight is 266 g/mol. The molecule has 0 radical (unpaired) electrons. The Labute approximate surface area is 103 Å². The minimum atomic E-state index is -0.374. The Morgan fingerprint density at radius 3 is 3.06 bits per heavy atom. The number of nitrogens with zero attached hydrogens (tertiary/aromatic N) is 1. The van der Waals surface area contributed by atoms with Gasteiger partial charge in [0.2, 0.25) is 0 Å². The monoisotopic (exact) mass is 265 g/mol. The molecule has 5 nitrogen and oxygen atoms in total. The molecular weight excluding hydrogens is 253 g/mol. The third kappa shape index (κ3) is 3.66. The van der Waals surface area contributed by atoms with Crippen LogP contribution in [-0.2, 0) is 4.74 Å². The third-order valence-corrected chi connectivity index (χ3v) is 2.53. The predicted molar refractivity (Wildman–Crippen MR) is 64.5 cm³/mol. The number of anilines is 1. The van der Waals surface area contributed by atoms with E-state index in [1.165, 1.54) is 6.33 Å². The van der Waals surface area contributed by atoms with Crippen molar-refractivity contribution in [2.75, 3.05) is 24.9 Å². The van der Waals surface area contributed by atoms with Crippen LogP contribution in [0.3, 0.4) is 0 Å². The SMILES string of the molecule is COCC(CCCl)Nc1nc[nH]c(=O)c1Cl. The molecule has 0 bridgehead atoms. The number of hydrogen-bond donors (Lipinski definition) is 2. The molecule has 16 heavy (non-hydrogen) atoms. The molecule has 1 unspecified atom stereocenters. The first-order chi connectivity index (χ1) is 7.69. The Morgan fingerprint density at radius 1 is 1.69 bits per heavy atom. The van der Waals surface area contributed by atoms with E-state index in [1.54, 1.807) is 7.11 Å². The van der Waals surface area contributed by atoms with Gasteiger partial charge in [-0.25, -0.2) is 4.98 Å². The van der Waals surface area contributed by atoms with Gasteiger partial charge >= 0.3 is 0 Å². The summed E-state index contributed by atoms with van der Waals surface area (Å²) in [7, 11) is 1.59. The van der Waals surface area contributed by atoms with Crippen molar-refractivity contribution in [1.82, 2.24) is 9.97 Å². The minimum absolute atomic E-state index is 0.0192. The van der Waals surface area contributed by atoms with Crippen molar-refractivity contribution in [3.05, 3.63) is 21.7 Å². The minimum Gasteiger partial charge on any atom is -0.383 e. The first-order valence-electron chi connectivity index (χ1n) is 4.73. The zero-order chi connectivity index (χ0) is 12.0. The Hall–Kier alpha value is -0.780. The molecule has 90 valence electrons. The summed E-state index contributed by atoms with van der Waals surface area (Å²) in [6.07, 6.45) is 1.99. The lowest BCUT2D eigenvalue weighted by Gasteiger charge is -2.17. The molecule has 0 amide bonds. The number of ether oxygens (including phenoxy) is 1. The smallest absolute Gasteiger partial charge is 0.271 e. The summed E-state index contributed by atoms with van der Waals surface area (Å²) in [4.78, 5) is 17.5. The lowest BCUT2D eigenvalue weighted by Crippen LogP contribution is -2.27. The van der Waals surface area contributed by atoms with Crippen molar-refractivity contribution in [1.29, 1.82) is 0 Å². The number of nitrogens with one attached hydrogen (secondary N) is 2. The van der Waals surface area contributed by atoms with Crippen LogP contribution in [0, 0.1) is 0 Å². The van der Waals surface area contributed by atoms with Crippen LogP contribution in [-0.4, -0.2) is 35.6 Å². The van der Waals surface area contributed by atoms with E-state index in [2.05, 4.69) is 15.3 Å². The highest BCUT2D eigenvalue weighted by molar-refractivity contribution is 6.32. The lowest BCUT2D eigenvalue weighted by molar-refractivity contribution is 0.184. The molecule has 2 N–H and O–H groups in total. The molecule has 1 rings (SSSR count). The Kier molecular flexibility index (Phi) is 5.59. The topological polar surface area (TPSA) is 67.0 Å². The van der Waals surface area contributed by atoms with Gasteiger partial charge in [0.25, 0.3) is 5.56 Å². The molecule has 1 heterocycles. The lowest BCUT2D eigenvalue weighted by atomic mass is 10.2. The number of alkyl halides is 1. The maximum Gasteiger partial charge on any atom is 0.271 e. The normalized spacial score (nSPS) is 12.4. The van der Waals surface area contributed by atoms with E-state index >= 15 is 0 Å². The maximum atomic E-state index is 11.2. The molecule has 0 fully saturated rings. The van der Waals surface area contributed by atoms with Crippen molar-refractivity contribution in [3.63, 3.8) is 0 Å². The van der Waals surface area contributed by atoms with E-state index in [4.69, 9.17) is 27.9 Å².